The van der Waals surface area contributed by atoms with Gasteiger partial charge in [-0.1, -0.05) is 0 Å². The van der Waals surface area contributed by atoms with Gasteiger partial charge in [0.1, 0.15) is 5.75 Å². The number of hydrogen-bond donors (Lipinski definition) is 1. The number of rotatable bonds is 6. The van der Waals surface area contributed by atoms with Crippen LogP contribution in [-0.2, 0) is 6.54 Å². The van der Waals surface area contributed by atoms with Crippen molar-refractivity contribution in [3.8, 4) is 5.75 Å². The largest absolute Gasteiger partial charge is 0.497 e. The second-order valence-corrected chi connectivity index (χ2v) is 6.23. The molecule has 7 nitrogen and oxygen atoms in total. The quantitative estimate of drug-likeness (QED) is 0.731. The second-order valence-electron chi connectivity index (χ2n) is 5.20. The summed E-state index contributed by atoms with van der Waals surface area (Å²) < 4.78 is 6.77. The molecule has 0 spiro atoms. The molecule has 2 aromatic heterocycles. The third-order valence-electron chi connectivity index (χ3n) is 3.32. The lowest BCUT2D eigenvalue weighted by Gasteiger charge is -2.04. The number of carbonyl (C=O) groups is 1. The highest BCUT2D eigenvalue weighted by atomic mass is 32.2. The minimum Gasteiger partial charge on any atom is -0.497 e. The molecule has 128 valence electrons. The summed E-state index contributed by atoms with van der Waals surface area (Å²) in [6.45, 7) is 2.17. The van der Waals surface area contributed by atoms with E-state index >= 15 is 0 Å². The van der Waals surface area contributed by atoms with Crippen molar-refractivity contribution in [1.82, 2.24) is 24.5 Å². The zero-order chi connectivity index (χ0) is 17.6. The van der Waals surface area contributed by atoms with Gasteiger partial charge in [0.15, 0.2) is 5.69 Å². The predicted molar refractivity (Wildman–Crippen MR) is 94.4 cm³/mol. The van der Waals surface area contributed by atoms with Crippen molar-refractivity contribution in [3.05, 3.63) is 66.0 Å². The van der Waals surface area contributed by atoms with Crippen molar-refractivity contribution in [2.45, 2.75) is 18.4 Å². The van der Waals surface area contributed by atoms with E-state index in [-0.39, 0.29) is 5.91 Å². The highest BCUT2D eigenvalue weighted by Gasteiger charge is 2.10. The Kier molecular flexibility index (Phi) is 5.30. The van der Waals surface area contributed by atoms with Gasteiger partial charge in [0.25, 0.3) is 5.91 Å². The molecule has 1 N–H and O–H groups in total. The first-order valence-corrected chi connectivity index (χ1v) is 8.35. The van der Waals surface area contributed by atoms with Crippen LogP contribution in [0.1, 0.15) is 21.9 Å². The van der Waals surface area contributed by atoms with Crippen molar-refractivity contribution >= 4 is 17.9 Å². The highest BCUT2D eigenvalue weighted by Crippen LogP contribution is 2.22. The lowest BCUT2D eigenvalue weighted by atomic mass is 10.3. The van der Waals surface area contributed by atoms with Crippen LogP contribution in [0.2, 0.25) is 0 Å². The Morgan fingerprint density at radius 2 is 2.00 bits per heavy atom. The summed E-state index contributed by atoms with van der Waals surface area (Å²) in [5.74, 6) is 0.542. The van der Waals surface area contributed by atoms with E-state index in [1.54, 1.807) is 35.9 Å². The van der Waals surface area contributed by atoms with Crippen LogP contribution in [-0.4, -0.2) is 32.2 Å². The minimum absolute atomic E-state index is 0.253. The van der Waals surface area contributed by atoms with Crippen LogP contribution in [0.3, 0.4) is 0 Å². The van der Waals surface area contributed by atoms with Crippen LogP contribution in [0.15, 0.2) is 53.8 Å². The van der Waals surface area contributed by atoms with E-state index in [9.17, 15) is 4.79 Å². The lowest BCUT2D eigenvalue weighted by molar-refractivity contribution is 0.0945. The molecule has 0 fully saturated rings. The molecular formula is C17H17N5O2S. The average molecular weight is 355 g/mol. The molecule has 0 radical (unpaired) electrons. The maximum absolute atomic E-state index is 12.2. The average Bonchev–Trinajstić information content (AvgIpc) is 3.10. The van der Waals surface area contributed by atoms with Crippen molar-refractivity contribution in [2.24, 2.45) is 0 Å². The van der Waals surface area contributed by atoms with Gasteiger partial charge in [-0.15, -0.1) is 0 Å². The van der Waals surface area contributed by atoms with E-state index in [2.05, 4.69) is 20.4 Å². The smallest absolute Gasteiger partial charge is 0.272 e. The summed E-state index contributed by atoms with van der Waals surface area (Å²) in [6, 6.07) is 9.29. The first-order valence-electron chi connectivity index (χ1n) is 7.58. The molecule has 1 aromatic carbocycles. The molecule has 0 aliphatic heterocycles. The van der Waals surface area contributed by atoms with Gasteiger partial charge in [-0.25, -0.2) is 4.09 Å². The number of nitrogens with one attached hydrogen (secondary N) is 1. The topological polar surface area (TPSA) is 81.9 Å². The maximum atomic E-state index is 12.2. The van der Waals surface area contributed by atoms with Crippen LogP contribution in [0.4, 0.5) is 0 Å². The van der Waals surface area contributed by atoms with E-state index in [1.165, 1.54) is 11.9 Å². The van der Waals surface area contributed by atoms with Crippen LogP contribution in [0.25, 0.3) is 0 Å². The number of methoxy groups -OCH3 is 1. The van der Waals surface area contributed by atoms with Gasteiger partial charge in [0.05, 0.1) is 31.2 Å². The van der Waals surface area contributed by atoms with E-state index in [0.29, 0.717) is 17.9 Å². The molecule has 2 heterocycles. The third-order valence-corrected chi connectivity index (χ3v) is 4.20. The number of aromatic nitrogens is 4. The normalized spacial score (nSPS) is 10.5. The molecule has 0 bridgehead atoms. The number of aryl methyl sites for hydroxylation is 1. The molecular weight excluding hydrogens is 338 g/mol. The van der Waals surface area contributed by atoms with Gasteiger partial charge in [-0.2, -0.15) is 5.10 Å². The summed E-state index contributed by atoms with van der Waals surface area (Å²) >= 11 is 1.41. The van der Waals surface area contributed by atoms with E-state index < -0.39 is 0 Å². The molecule has 3 aromatic rings. The van der Waals surface area contributed by atoms with E-state index in [1.807, 2.05) is 31.2 Å². The zero-order valence-corrected chi connectivity index (χ0v) is 14.7. The fourth-order valence-electron chi connectivity index (χ4n) is 2.00. The number of nitrogens with zero attached hydrogens (tertiary/aromatic N) is 4. The molecule has 0 saturated carbocycles. The fourth-order valence-corrected chi connectivity index (χ4v) is 2.72. The lowest BCUT2D eigenvalue weighted by Crippen LogP contribution is -2.24. The van der Waals surface area contributed by atoms with Crippen molar-refractivity contribution in [1.29, 1.82) is 0 Å². The monoisotopic (exact) mass is 355 g/mol. The Labute approximate surface area is 149 Å². The van der Waals surface area contributed by atoms with E-state index in [4.69, 9.17) is 4.74 Å². The first kappa shape index (κ1) is 17.0. The van der Waals surface area contributed by atoms with Crippen molar-refractivity contribution in [2.75, 3.05) is 7.11 Å². The fraction of sp³-hybridized carbons (Fsp3) is 0.176. The number of carbonyl (C=O) groups excluding carboxylic acids is 1. The predicted octanol–water partition coefficient (Wildman–Crippen LogP) is 2.48. The second kappa shape index (κ2) is 7.80. The summed E-state index contributed by atoms with van der Waals surface area (Å²) in [5.41, 5.74) is 1.89. The van der Waals surface area contributed by atoms with Crippen molar-refractivity contribution < 1.29 is 9.53 Å². The van der Waals surface area contributed by atoms with Crippen LogP contribution >= 0.6 is 11.9 Å². The molecule has 25 heavy (non-hydrogen) atoms. The van der Waals surface area contributed by atoms with Gasteiger partial charge >= 0.3 is 0 Å². The number of amides is 1. The van der Waals surface area contributed by atoms with Gasteiger partial charge in [0.2, 0.25) is 0 Å². The summed E-state index contributed by atoms with van der Waals surface area (Å²) in [4.78, 5) is 21.5. The number of benzene rings is 1. The molecule has 1 amide bonds. The van der Waals surface area contributed by atoms with Gasteiger partial charge in [-0.05, 0) is 37.3 Å². The summed E-state index contributed by atoms with van der Waals surface area (Å²) in [5, 5.41) is 7.06. The Morgan fingerprint density at radius 1 is 1.20 bits per heavy atom. The Bertz CT molecular complexity index is 846. The van der Waals surface area contributed by atoms with Gasteiger partial charge in [-0.3, -0.25) is 14.8 Å². The Balaban J connectivity index is 1.58. The van der Waals surface area contributed by atoms with Gasteiger partial charge < -0.3 is 10.1 Å². The summed E-state index contributed by atoms with van der Waals surface area (Å²) in [7, 11) is 1.63. The standard InChI is InChI=1S/C17H17N5O2S/c1-12-9-19-13(10-18-12)11-20-17(23)16-7-8-22(21-16)25-15-5-3-14(24-2)4-6-15/h3-10H,11H2,1-2H3,(H,20,23). The Hall–Kier alpha value is -2.87. The number of hydrogen-bond acceptors (Lipinski definition) is 6. The minimum atomic E-state index is -0.253. The van der Waals surface area contributed by atoms with Crippen LogP contribution in [0.5, 0.6) is 5.75 Å². The molecule has 0 aliphatic carbocycles. The zero-order valence-electron chi connectivity index (χ0n) is 13.8. The van der Waals surface area contributed by atoms with Gasteiger partial charge in [0, 0.05) is 29.2 Å². The summed E-state index contributed by atoms with van der Waals surface area (Å²) in [6.07, 6.45) is 5.06. The molecule has 8 heteroatoms. The Morgan fingerprint density at radius 3 is 2.68 bits per heavy atom. The van der Waals surface area contributed by atoms with E-state index in [0.717, 1.165) is 16.3 Å². The molecule has 0 aliphatic rings. The van der Waals surface area contributed by atoms with Crippen molar-refractivity contribution in [3.63, 3.8) is 0 Å². The third kappa shape index (κ3) is 4.57. The molecule has 0 unspecified atom stereocenters. The molecule has 0 saturated heterocycles. The number of ether oxygens (including phenoxy) is 1. The molecule has 0 atom stereocenters. The maximum Gasteiger partial charge on any atom is 0.272 e. The SMILES string of the molecule is COc1ccc(Sn2ccc(C(=O)NCc3cnc(C)cn3)n2)cc1. The van der Waals surface area contributed by atoms with Crippen LogP contribution < -0.4 is 10.1 Å². The first-order chi connectivity index (χ1) is 12.1. The molecule has 3 rings (SSSR count). The van der Waals surface area contributed by atoms with Crippen LogP contribution in [0, 0.1) is 6.92 Å². The highest BCUT2D eigenvalue weighted by molar-refractivity contribution is 7.97.